The van der Waals surface area contributed by atoms with Crippen molar-refractivity contribution in [3.8, 4) is 5.69 Å². The Morgan fingerprint density at radius 3 is 2.57 bits per heavy atom. The predicted molar refractivity (Wildman–Crippen MR) is 81.2 cm³/mol. The summed E-state index contributed by atoms with van der Waals surface area (Å²) in [5.41, 5.74) is 0.744. The molecule has 3 N–H and O–H groups in total. The Hall–Kier alpha value is -3.27. The Labute approximate surface area is 132 Å². The van der Waals surface area contributed by atoms with E-state index >= 15 is 0 Å². The standard InChI is InChI=1S/C13H9N5O4S/c19-11(14-8-5-10(12(20)21)23-6-8)7-1-3-9(4-2-7)18-13(22)15-16-17-18/h1-6H,(H,14,19)(H,20,21)(H,15,17,22). The number of amides is 1. The minimum atomic E-state index is -1.04. The van der Waals surface area contributed by atoms with Crippen molar-refractivity contribution in [2.24, 2.45) is 0 Å². The number of rotatable bonds is 4. The van der Waals surface area contributed by atoms with Crippen LogP contribution in [0.3, 0.4) is 0 Å². The van der Waals surface area contributed by atoms with Gasteiger partial charge in [0, 0.05) is 10.9 Å². The molecule has 0 bridgehead atoms. The second-order valence-corrected chi connectivity index (χ2v) is 5.34. The average Bonchev–Trinajstić information content (AvgIpc) is 3.16. The van der Waals surface area contributed by atoms with E-state index in [9.17, 15) is 14.4 Å². The maximum atomic E-state index is 12.1. The summed E-state index contributed by atoms with van der Waals surface area (Å²) in [4.78, 5) is 34.4. The van der Waals surface area contributed by atoms with E-state index in [1.807, 2.05) is 0 Å². The van der Waals surface area contributed by atoms with Gasteiger partial charge in [0.1, 0.15) is 4.88 Å². The highest BCUT2D eigenvalue weighted by Gasteiger charge is 2.11. The number of nitrogens with one attached hydrogen (secondary N) is 2. The first-order chi connectivity index (χ1) is 11.0. The van der Waals surface area contributed by atoms with Crippen LogP contribution in [0.15, 0.2) is 40.5 Å². The predicted octanol–water partition coefficient (Wildman–Crippen LogP) is 0.968. The van der Waals surface area contributed by atoms with Gasteiger partial charge in [0.25, 0.3) is 5.91 Å². The molecule has 3 rings (SSSR count). The van der Waals surface area contributed by atoms with Crippen molar-refractivity contribution in [3.63, 3.8) is 0 Å². The van der Waals surface area contributed by atoms with Gasteiger partial charge in [-0.15, -0.1) is 11.3 Å². The number of aromatic carboxylic acids is 1. The third-order valence-corrected chi connectivity index (χ3v) is 3.83. The maximum Gasteiger partial charge on any atom is 0.365 e. The first kappa shape index (κ1) is 14.7. The summed E-state index contributed by atoms with van der Waals surface area (Å²) >= 11 is 1.03. The molecule has 0 atom stereocenters. The van der Waals surface area contributed by atoms with Crippen LogP contribution in [-0.2, 0) is 0 Å². The maximum absolute atomic E-state index is 12.1. The monoisotopic (exact) mass is 331 g/mol. The van der Waals surface area contributed by atoms with Gasteiger partial charge in [-0.3, -0.25) is 4.79 Å². The Morgan fingerprint density at radius 1 is 1.26 bits per heavy atom. The highest BCUT2D eigenvalue weighted by Crippen LogP contribution is 2.20. The van der Waals surface area contributed by atoms with E-state index in [0.29, 0.717) is 16.9 Å². The first-order valence-electron chi connectivity index (χ1n) is 6.28. The van der Waals surface area contributed by atoms with E-state index in [1.54, 1.807) is 17.5 Å². The smallest absolute Gasteiger partial charge is 0.365 e. The molecule has 1 aromatic carbocycles. The Morgan fingerprint density at radius 2 is 2.00 bits per heavy atom. The van der Waals surface area contributed by atoms with Crippen molar-refractivity contribution in [2.45, 2.75) is 0 Å². The number of anilines is 1. The molecule has 2 aromatic heterocycles. The molecule has 0 saturated carbocycles. The zero-order valence-electron chi connectivity index (χ0n) is 11.4. The van der Waals surface area contributed by atoms with Gasteiger partial charge in [-0.05, 0) is 40.8 Å². The lowest BCUT2D eigenvalue weighted by Gasteiger charge is -2.04. The molecular weight excluding hydrogens is 322 g/mol. The lowest BCUT2D eigenvalue weighted by molar-refractivity contribution is 0.0702. The molecule has 0 unspecified atom stereocenters. The largest absolute Gasteiger partial charge is 0.477 e. The summed E-state index contributed by atoms with van der Waals surface area (Å²) in [5, 5.41) is 22.1. The van der Waals surface area contributed by atoms with Crippen molar-refractivity contribution in [1.82, 2.24) is 20.2 Å². The van der Waals surface area contributed by atoms with Gasteiger partial charge < -0.3 is 10.4 Å². The van der Waals surface area contributed by atoms with Gasteiger partial charge in [0.05, 0.1) is 11.4 Å². The molecule has 3 aromatic rings. The molecule has 0 radical (unpaired) electrons. The van der Waals surface area contributed by atoms with E-state index < -0.39 is 17.6 Å². The number of carbonyl (C=O) groups excluding carboxylic acids is 1. The number of nitrogens with zero attached hydrogens (tertiary/aromatic N) is 3. The van der Waals surface area contributed by atoms with E-state index in [2.05, 4.69) is 20.8 Å². The molecule has 2 heterocycles. The van der Waals surface area contributed by atoms with Crippen LogP contribution in [0.4, 0.5) is 5.69 Å². The summed E-state index contributed by atoms with van der Waals surface area (Å²) in [6.45, 7) is 0. The molecule has 10 heteroatoms. The summed E-state index contributed by atoms with van der Waals surface area (Å²) in [6, 6.07) is 7.53. The number of hydrogen-bond acceptors (Lipinski definition) is 6. The van der Waals surface area contributed by atoms with Gasteiger partial charge >= 0.3 is 11.7 Å². The number of aromatic nitrogens is 4. The van der Waals surface area contributed by atoms with Crippen molar-refractivity contribution >= 4 is 28.9 Å². The average molecular weight is 331 g/mol. The second kappa shape index (κ2) is 5.85. The van der Waals surface area contributed by atoms with Crippen LogP contribution >= 0.6 is 11.3 Å². The summed E-state index contributed by atoms with van der Waals surface area (Å²) in [7, 11) is 0. The minimum absolute atomic E-state index is 0.140. The van der Waals surface area contributed by atoms with Crippen molar-refractivity contribution in [2.75, 3.05) is 5.32 Å². The number of aromatic amines is 1. The van der Waals surface area contributed by atoms with Crippen molar-refractivity contribution in [3.05, 3.63) is 56.6 Å². The topological polar surface area (TPSA) is 130 Å². The van der Waals surface area contributed by atoms with Crippen LogP contribution in [0.1, 0.15) is 20.0 Å². The third-order valence-electron chi connectivity index (χ3n) is 2.91. The Balaban J connectivity index is 1.76. The van der Waals surface area contributed by atoms with Crippen LogP contribution in [0.25, 0.3) is 5.69 Å². The number of carbonyl (C=O) groups is 2. The molecule has 0 aliphatic heterocycles. The molecule has 0 aliphatic rings. The lowest BCUT2D eigenvalue weighted by Crippen LogP contribution is -2.16. The Bertz CT molecular complexity index is 924. The third kappa shape index (κ3) is 3.01. The second-order valence-electron chi connectivity index (χ2n) is 4.42. The fourth-order valence-corrected chi connectivity index (χ4v) is 2.51. The SMILES string of the molecule is O=C(Nc1csc(C(=O)O)c1)c1ccc(-n2nn[nH]c2=O)cc1. The van der Waals surface area contributed by atoms with Crippen LogP contribution in [-0.4, -0.2) is 37.2 Å². The van der Waals surface area contributed by atoms with E-state index in [-0.39, 0.29) is 4.88 Å². The molecule has 1 amide bonds. The molecule has 0 fully saturated rings. The number of carboxylic acids is 1. The van der Waals surface area contributed by atoms with Crippen molar-refractivity contribution < 1.29 is 14.7 Å². The molecule has 0 aliphatic carbocycles. The van der Waals surface area contributed by atoms with Crippen LogP contribution < -0.4 is 11.0 Å². The Kier molecular flexibility index (Phi) is 3.73. The molecule has 0 saturated heterocycles. The molecule has 23 heavy (non-hydrogen) atoms. The fourth-order valence-electron chi connectivity index (χ4n) is 1.84. The van der Waals surface area contributed by atoms with Crippen molar-refractivity contribution in [1.29, 1.82) is 0 Å². The molecule has 9 nitrogen and oxygen atoms in total. The summed E-state index contributed by atoms with van der Waals surface area (Å²) in [6.07, 6.45) is 0. The normalized spacial score (nSPS) is 10.4. The molecular formula is C13H9N5O4S. The highest BCUT2D eigenvalue weighted by atomic mass is 32.1. The number of hydrogen-bond donors (Lipinski definition) is 3. The number of thiophene rings is 1. The van der Waals surface area contributed by atoms with Gasteiger partial charge in [-0.25, -0.2) is 14.7 Å². The fraction of sp³-hybridized carbons (Fsp3) is 0. The number of benzene rings is 1. The van der Waals surface area contributed by atoms with Gasteiger partial charge in [0.15, 0.2) is 0 Å². The number of H-pyrrole nitrogens is 1. The van der Waals surface area contributed by atoms with Crippen LogP contribution in [0, 0.1) is 0 Å². The van der Waals surface area contributed by atoms with Gasteiger partial charge in [-0.2, -0.15) is 4.68 Å². The molecule has 0 spiro atoms. The zero-order chi connectivity index (χ0) is 16.4. The summed E-state index contributed by atoms with van der Waals surface area (Å²) < 4.78 is 1.06. The zero-order valence-corrected chi connectivity index (χ0v) is 12.2. The van der Waals surface area contributed by atoms with E-state index in [1.165, 1.54) is 18.2 Å². The van der Waals surface area contributed by atoms with Crippen LogP contribution in [0.5, 0.6) is 0 Å². The number of tetrazole rings is 1. The highest BCUT2D eigenvalue weighted by molar-refractivity contribution is 7.12. The van der Waals surface area contributed by atoms with E-state index in [4.69, 9.17) is 5.11 Å². The quantitative estimate of drug-likeness (QED) is 0.653. The van der Waals surface area contributed by atoms with Gasteiger partial charge in [-0.1, -0.05) is 0 Å². The van der Waals surface area contributed by atoms with Gasteiger partial charge in [0.2, 0.25) is 0 Å². The first-order valence-corrected chi connectivity index (χ1v) is 7.16. The minimum Gasteiger partial charge on any atom is -0.477 e. The van der Waals surface area contributed by atoms with E-state index in [0.717, 1.165) is 16.0 Å². The molecule has 116 valence electrons. The lowest BCUT2D eigenvalue weighted by atomic mass is 10.2. The number of carboxylic acid groups (broad SMARTS) is 1. The summed E-state index contributed by atoms with van der Waals surface area (Å²) in [5.74, 6) is -1.43. The van der Waals surface area contributed by atoms with Crippen LogP contribution in [0.2, 0.25) is 0 Å².